The zero-order chi connectivity index (χ0) is 22.1. The van der Waals surface area contributed by atoms with Crippen molar-refractivity contribution in [2.24, 2.45) is 0 Å². The van der Waals surface area contributed by atoms with Crippen molar-refractivity contribution in [1.82, 2.24) is 14.9 Å². The van der Waals surface area contributed by atoms with E-state index in [2.05, 4.69) is 28.1 Å². The fourth-order valence-corrected chi connectivity index (χ4v) is 5.15. The number of benzene rings is 2. The molecule has 0 saturated carbocycles. The van der Waals surface area contributed by atoms with Crippen molar-refractivity contribution in [3.63, 3.8) is 0 Å². The number of para-hydroxylation sites is 1. The monoisotopic (exact) mass is 444 g/mol. The summed E-state index contributed by atoms with van der Waals surface area (Å²) in [7, 11) is 1.70. The standard InChI is InChI=1S/C25H24N4O2S/c1-31-22-5-3-2-4-19(22)23-11-10-18(32-23)14-29-13-12-21-20(15-29)25(30)28-24(27-21)16-6-8-17(26)9-7-16/h2-11H,12-15,26H2,1H3,(H,27,28,30). The highest BCUT2D eigenvalue weighted by atomic mass is 32.1. The molecule has 2 aromatic carbocycles. The lowest BCUT2D eigenvalue weighted by Crippen LogP contribution is -2.35. The van der Waals surface area contributed by atoms with Crippen molar-refractivity contribution < 1.29 is 4.74 Å². The van der Waals surface area contributed by atoms with E-state index < -0.39 is 0 Å². The molecule has 0 fully saturated rings. The van der Waals surface area contributed by atoms with E-state index in [1.807, 2.05) is 42.5 Å². The number of rotatable bonds is 5. The van der Waals surface area contributed by atoms with Crippen LogP contribution in [0.5, 0.6) is 5.75 Å². The van der Waals surface area contributed by atoms with Gasteiger partial charge in [0.2, 0.25) is 0 Å². The van der Waals surface area contributed by atoms with Gasteiger partial charge in [-0.3, -0.25) is 9.69 Å². The van der Waals surface area contributed by atoms with Crippen LogP contribution in [0, 0.1) is 0 Å². The van der Waals surface area contributed by atoms with Crippen LogP contribution in [0.25, 0.3) is 21.8 Å². The number of hydrogen-bond donors (Lipinski definition) is 2. The topological polar surface area (TPSA) is 84.2 Å². The second-order valence-corrected chi connectivity index (χ2v) is 9.06. The summed E-state index contributed by atoms with van der Waals surface area (Å²) in [4.78, 5) is 25.3. The van der Waals surface area contributed by atoms with Crippen LogP contribution < -0.4 is 16.0 Å². The predicted molar refractivity (Wildman–Crippen MR) is 129 cm³/mol. The lowest BCUT2D eigenvalue weighted by atomic mass is 10.1. The van der Waals surface area contributed by atoms with Crippen LogP contribution in [-0.4, -0.2) is 28.5 Å². The summed E-state index contributed by atoms with van der Waals surface area (Å²) in [5, 5.41) is 0. The van der Waals surface area contributed by atoms with Crippen molar-refractivity contribution in [2.45, 2.75) is 19.5 Å². The lowest BCUT2D eigenvalue weighted by molar-refractivity contribution is 0.244. The molecule has 0 spiro atoms. The van der Waals surface area contributed by atoms with E-state index in [1.54, 1.807) is 18.4 Å². The van der Waals surface area contributed by atoms with Crippen molar-refractivity contribution in [2.75, 3.05) is 19.4 Å². The maximum absolute atomic E-state index is 12.8. The zero-order valence-electron chi connectivity index (χ0n) is 17.8. The van der Waals surface area contributed by atoms with Gasteiger partial charge in [-0.25, -0.2) is 4.98 Å². The van der Waals surface area contributed by atoms with Crippen LogP contribution in [0.4, 0.5) is 5.69 Å². The average molecular weight is 445 g/mol. The molecule has 32 heavy (non-hydrogen) atoms. The molecule has 162 valence electrons. The van der Waals surface area contributed by atoms with Crippen LogP contribution >= 0.6 is 11.3 Å². The number of nitrogen functional groups attached to an aromatic ring is 1. The Balaban J connectivity index is 1.34. The molecule has 0 aliphatic carbocycles. The molecule has 4 aromatic rings. The number of nitrogens with zero attached hydrogens (tertiary/aromatic N) is 2. The summed E-state index contributed by atoms with van der Waals surface area (Å²) in [6, 6.07) is 19.8. The van der Waals surface area contributed by atoms with Crippen LogP contribution in [0.2, 0.25) is 0 Å². The molecule has 3 heterocycles. The van der Waals surface area contributed by atoms with E-state index >= 15 is 0 Å². The Hall–Kier alpha value is -3.42. The number of nitrogens with one attached hydrogen (secondary N) is 1. The van der Waals surface area contributed by atoms with E-state index in [9.17, 15) is 4.79 Å². The summed E-state index contributed by atoms with van der Waals surface area (Å²) >= 11 is 1.76. The first-order valence-electron chi connectivity index (χ1n) is 10.5. The molecule has 0 atom stereocenters. The molecular weight excluding hydrogens is 420 g/mol. The Morgan fingerprint density at radius 3 is 2.75 bits per heavy atom. The highest BCUT2D eigenvalue weighted by molar-refractivity contribution is 7.15. The minimum Gasteiger partial charge on any atom is -0.496 e. The number of methoxy groups -OCH3 is 1. The number of hydrogen-bond acceptors (Lipinski definition) is 6. The predicted octanol–water partition coefficient (Wildman–Crippen LogP) is 4.31. The zero-order valence-corrected chi connectivity index (χ0v) is 18.6. The summed E-state index contributed by atoms with van der Waals surface area (Å²) < 4.78 is 5.50. The molecule has 5 rings (SSSR count). The Bertz CT molecular complexity index is 1310. The number of H-pyrrole nitrogens is 1. The van der Waals surface area contributed by atoms with E-state index in [-0.39, 0.29) is 5.56 Å². The van der Waals surface area contributed by atoms with Crippen LogP contribution in [0.15, 0.2) is 65.5 Å². The second-order valence-electron chi connectivity index (χ2n) is 7.89. The van der Waals surface area contributed by atoms with Crippen LogP contribution in [-0.2, 0) is 19.5 Å². The number of thiophene rings is 1. The van der Waals surface area contributed by atoms with Gasteiger partial charge in [0.15, 0.2) is 0 Å². The molecule has 0 bridgehead atoms. The van der Waals surface area contributed by atoms with Gasteiger partial charge in [0, 0.05) is 52.6 Å². The van der Waals surface area contributed by atoms with Gasteiger partial charge >= 0.3 is 0 Å². The van der Waals surface area contributed by atoms with Crippen molar-refractivity contribution in [3.05, 3.63) is 87.2 Å². The van der Waals surface area contributed by atoms with Gasteiger partial charge in [-0.1, -0.05) is 12.1 Å². The minimum absolute atomic E-state index is 0.0626. The molecule has 1 aliphatic heterocycles. The Kier molecular flexibility index (Phi) is 5.51. The Morgan fingerprint density at radius 2 is 1.94 bits per heavy atom. The third-order valence-electron chi connectivity index (χ3n) is 5.75. The van der Waals surface area contributed by atoms with Gasteiger partial charge in [0.05, 0.1) is 18.4 Å². The SMILES string of the molecule is COc1ccccc1-c1ccc(CN2CCc3nc(-c4ccc(N)cc4)[nH]c(=O)c3C2)s1. The maximum atomic E-state index is 12.8. The normalized spacial score (nSPS) is 13.7. The lowest BCUT2D eigenvalue weighted by Gasteiger charge is -2.27. The van der Waals surface area contributed by atoms with E-state index in [0.717, 1.165) is 47.6 Å². The quantitative estimate of drug-likeness (QED) is 0.448. The summed E-state index contributed by atoms with van der Waals surface area (Å²) in [5.74, 6) is 1.48. The van der Waals surface area contributed by atoms with Gasteiger partial charge in [0.1, 0.15) is 11.6 Å². The summed E-state index contributed by atoms with van der Waals surface area (Å²) in [6.45, 7) is 2.27. The third-order valence-corrected chi connectivity index (χ3v) is 6.85. The summed E-state index contributed by atoms with van der Waals surface area (Å²) in [5.41, 5.74) is 10.0. The molecule has 0 radical (unpaired) electrons. The first-order valence-corrected chi connectivity index (χ1v) is 11.3. The number of aromatic amines is 1. The smallest absolute Gasteiger partial charge is 0.255 e. The average Bonchev–Trinajstić information content (AvgIpc) is 3.28. The molecule has 2 aromatic heterocycles. The second kappa shape index (κ2) is 8.61. The molecule has 1 aliphatic rings. The number of aromatic nitrogens is 2. The van der Waals surface area contributed by atoms with Gasteiger partial charge in [-0.15, -0.1) is 11.3 Å². The summed E-state index contributed by atoms with van der Waals surface area (Å²) in [6.07, 6.45) is 0.756. The number of fused-ring (bicyclic) bond motifs is 1. The van der Waals surface area contributed by atoms with Gasteiger partial charge in [-0.2, -0.15) is 0 Å². The molecule has 6 nitrogen and oxygen atoms in total. The van der Waals surface area contributed by atoms with Crippen LogP contribution in [0.3, 0.4) is 0 Å². The maximum Gasteiger partial charge on any atom is 0.255 e. The highest BCUT2D eigenvalue weighted by Crippen LogP contribution is 2.35. The molecular formula is C25H24N4O2S. The van der Waals surface area contributed by atoms with Gasteiger partial charge < -0.3 is 15.5 Å². The van der Waals surface area contributed by atoms with E-state index in [4.69, 9.17) is 15.5 Å². The minimum atomic E-state index is -0.0626. The van der Waals surface area contributed by atoms with Crippen molar-refractivity contribution >= 4 is 17.0 Å². The molecule has 7 heteroatoms. The third kappa shape index (κ3) is 4.04. The number of ether oxygens (including phenoxy) is 1. The van der Waals surface area contributed by atoms with E-state index in [1.165, 1.54) is 9.75 Å². The van der Waals surface area contributed by atoms with Crippen molar-refractivity contribution in [1.29, 1.82) is 0 Å². The fraction of sp³-hybridized carbons (Fsp3) is 0.200. The Labute approximate surface area is 190 Å². The fourth-order valence-electron chi connectivity index (χ4n) is 4.07. The van der Waals surface area contributed by atoms with Crippen LogP contribution in [0.1, 0.15) is 16.1 Å². The molecule has 0 amide bonds. The Morgan fingerprint density at radius 1 is 1.12 bits per heavy atom. The van der Waals surface area contributed by atoms with Gasteiger partial charge in [-0.05, 0) is 48.5 Å². The first-order chi connectivity index (χ1) is 15.6. The first kappa shape index (κ1) is 20.5. The highest BCUT2D eigenvalue weighted by Gasteiger charge is 2.22. The molecule has 3 N–H and O–H groups in total. The number of anilines is 1. The van der Waals surface area contributed by atoms with E-state index in [0.29, 0.717) is 18.1 Å². The van der Waals surface area contributed by atoms with Gasteiger partial charge in [0.25, 0.3) is 5.56 Å². The van der Waals surface area contributed by atoms with Crippen molar-refractivity contribution in [3.8, 4) is 27.6 Å². The molecule has 0 saturated heterocycles. The number of nitrogens with two attached hydrogens (primary N) is 1. The molecule has 0 unspecified atom stereocenters. The largest absolute Gasteiger partial charge is 0.496 e.